The van der Waals surface area contributed by atoms with E-state index in [-0.39, 0.29) is 16.7 Å². The van der Waals surface area contributed by atoms with Gasteiger partial charge in [-0.3, -0.25) is 14.6 Å². The van der Waals surface area contributed by atoms with Gasteiger partial charge >= 0.3 is 0 Å². The molecule has 1 spiro atoms. The van der Waals surface area contributed by atoms with Crippen molar-refractivity contribution in [1.82, 2.24) is 19.7 Å². The van der Waals surface area contributed by atoms with Crippen molar-refractivity contribution in [1.29, 1.82) is 0 Å². The molecule has 4 rings (SSSR count). The summed E-state index contributed by atoms with van der Waals surface area (Å²) in [5.74, 6) is 0.802. The standard InChI is InChI=1S/C21H30N4O2/c1-23(2)19(27)21-7-6-20(17(21)14-24(3)15-21)8-12-25(13-9-20)18(26)16-4-10-22-11-5-16/h4-5,10-11,17H,6-9,12-15H2,1-3H3/t17-,21+/m1/s1. The summed E-state index contributed by atoms with van der Waals surface area (Å²) in [6, 6.07) is 3.57. The minimum Gasteiger partial charge on any atom is -0.348 e. The van der Waals surface area contributed by atoms with Gasteiger partial charge in [-0.05, 0) is 56.2 Å². The van der Waals surface area contributed by atoms with Gasteiger partial charge in [-0.1, -0.05) is 0 Å². The number of pyridine rings is 1. The molecule has 2 atom stereocenters. The first kappa shape index (κ1) is 18.4. The molecule has 0 radical (unpaired) electrons. The van der Waals surface area contributed by atoms with Gasteiger partial charge in [-0.15, -0.1) is 0 Å². The molecular formula is C21H30N4O2. The van der Waals surface area contributed by atoms with E-state index in [1.165, 1.54) is 0 Å². The highest BCUT2D eigenvalue weighted by Gasteiger charge is 2.64. The fourth-order valence-electron chi connectivity index (χ4n) is 6.02. The Kier molecular flexibility index (Phi) is 4.49. The van der Waals surface area contributed by atoms with Crippen molar-refractivity contribution in [2.75, 3.05) is 47.3 Å². The van der Waals surface area contributed by atoms with Crippen LogP contribution < -0.4 is 0 Å². The second kappa shape index (κ2) is 6.59. The summed E-state index contributed by atoms with van der Waals surface area (Å²) >= 11 is 0. The van der Waals surface area contributed by atoms with Crippen LogP contribution in [0.15, 0.2) is 24.5 Å². The summed E-state index contributed by atoms with van der Waals surface area (Å²) in [5, 5.41) is 0. The zero-order valence-corrected chi connectivity index (χ0v) is 16.6. The minimum absolute atomic E-state index is 0.101. The van der Waals surface area contributed by atoms with Crippen molar-refractivity contribution in [3.63, 3.8) is 0 Å². The van der Waals surface area contributed by atoms with Crippen molar-refractivity contribution in [3.05, 3.63) is 30.1 Å². The number of rotatable bonds is 2. The van der Waals surface area contributed by atoms with Crippen LogP contribution in [0.4, 0.5) is 0 Å². The average molecular weight is 370 g/mol. The van der Waals surface area contributed by atoms with Gasteiger partial charge in [-0.2, -0.15) is 0 Å². The summed E-state index contributed by atoms with van der Waals surface area (Å²) in [6.45, 7) is 3.44. The van der Waals surface area contributed by atoms with Gasteiger partial charge in [0, 0.05) is 58.2 Å². The van der Waals surface area contributed by atoms with Crippen LogP contribution >= 0.6 is 0 Å². The summed E-state index contributed by atoms with van der Waals surface area (Å²) in [5.41, 5.74) is 0.686. The van der Waals surface area contributed by atoms with Crippen molar-refractivity contribution >= 4 is 11.8 Å². The second-order valence-corrected chi connectivity index (χ2v) is 9.00. The van der Waals surface area contributed by atoms with Crippen LogP contribution in [0.5, 0.6) is 0 Å². The molecule has 1 saturated carbocycles. The van der Waals surface area contributed by atoms with Crippen LogP contribution in [0.2, 0.25) is 0 Å². The first-order valence-electron chi connectivity index (χ1n) is 9.98. The van der Waals surface area contributed by atoms with Crippen LogP contribution in [0.1, 0.15) is 36.0 Å². The van der Waals surface area contributed by atoms with Crippen LogP contribution in [-0.4, -0.2) is 78.8 Å². The van der Waals surface area contributed by atoms with Gasteiger partial charge in [-0.25, -0.2) is 0 Å². The minimum atomic E-state index is -0.227. The largest absolute Gasteiger partial charge is 0.348 e. The maximum absolute atomic E-state index is 13.1. The molecule has 0 bridgehead atoms. The van der Waals surface area contributed by atoms with E-state index in [2.05, 4.69) is 16.9 Å². The van der Waals surface area contributed by atoms with Gasteiger partial charge in [0.15, 0.2) is 0 Å². The molecule has 1 aromatic heterocycles. The number of piperidine rings is 1. The van der Waals surface area contributed by atoms with E-state index in [9.17, 15) is 9.59 Å². The van der Waals surface area contributed by atoms with E-state index in [0.29, 0.717) is 17.4 Å². The Bertz CT molecular complexity index is 727. The van der Waals surface area contributed by atoms with E-state index in [1.54, 1.807) is 29.4 Å². The Labute approximate surface area is 161 Å². The Balaban J connectivity index is 1.51. The molecule has 3 fully saturated rings. The predicted molar refractivity (Wildman–Crippen MR) is 103 cm³/mol. The van der Waals surface area contributed by atoms with Crippen LogP contribution in [0.25, 0.3) is 0 Å². The lowest BCUT2D eigenvalue weighted by Crippen LogP contribution is -2.49. The Morgan fingerprint density at radius 2 is 1.78 bits per heavy atom. The predicted octanol–water partition coefficient (Wildman–Crippen LogP) is 1.73. The lowest BCUT2D eigenvalue weighted by molar-refractivity contribution is -0.141. The maximum atomic E-state index is 13.1. The summed E-state index contributed by atoms with van der Waals surface area (Å²) in [6.07, 6.45) is 7.45. The first-order valence-corrected chi connectivity index (χ1v) is 9.98. The van der Waals surface area contributed by atoms with E-state index < -0.39 is 0 Å². The van der Waals surface area contributed by atoms with Gasteiger partial charge in [0.1, 0.15) is 0 Å². The van der Waals surface area contributed by atoms with E-state index in [1.807, 2.05) is 19.0 Å². The van der Waals surface area contributed by atoms with Crippen LogP contribution in [-0.2, 0) is 4.79 Å². The molecule has 3 aliphatic rings. The number of carbonyl (C=O) groups excluding carboxylic acids is 2. The van der Waals surface area contributed by atoms with Crippen LogP contribution in [0.3, 0.4) is 0 Å². The monoisotopic (exact) mass is 370 g/mol. The molecule has 2 saturated heterocycles. The molecular weight excluding hydrogens is 340 g/mol. The van der Waals surface area contributed by atoms with Gasteiger partial charge in [0.2, 0.25) is 5.91 Å². The number of nitrogens with zero attached hydrogens (tertiary/aromatic N) is 4. The number of hydrogen-bond acceptors (Lipinski definition) is 4. The van der Waals surface area contributed by atoms with E-state index >= 15 is 0 Å². The highest BCUT2D eigenvalue weighted by molar-refractivity contribution is 5.94. The smallest absolute Gasteiger partial charge is 0.253 e. The third-order valence-corrected chi connectivity index (χ3v) is 7.33. The third kappa shape index (κ3) is 2.85. The van der Waals surface area contributed by atoms with Crippen molar-refractivity contribution < 1.29 is 9.59 Å². The Hall–Kier alpha value is -1.95. The van der Waals surface area contributed by atoms with E-state index in [4.69, 9.17) is 0 Å². The van der Waals surface area contributed by atoms with Crippen molar-refractivity contribution in [3.8, 4) is 0 Å². The lowest BCUT2D eigenvalue weighted by Gasteiger charge is -2.44. The fraction of sp³-hybridized carbons (Fsp3) is 0.667. The molecule has 27 heavy (non-hydrogen) atoms. The molecule has 2 amide bonds. The summed E-state index contributed by atoms with van der Waals surface area (Å²) in [7, 11) is 5.90. The Morgan fingerprint density at radius 1 is 1.11 bits per heavy atom. The van der Waals surface area contributed by atoms with Gasteiger partial charge in [0.05, 0.1) is 5.41 Å². The molecule has 6 heteroatoms. The number of amides is 2. The molecule has 0 unspecified atom stereocenters. The quantitative estimate of drug-likeness (QED) is 0.796. The topological polar surface area (TPSA) is 56.8 Å². The first-order chi connectivity index (χ1) is 12.9. The number of aromatic nitrogens is 1. The van der Waals surface area contributed by atoms with Gasteiger partial charge in [0.25, 0.3) is 5.91 Å². The number of hydrogen-bond donors (Lipinski definition) is 0. The van der Waals surface area contributed by atoms with Gasteiger partial charge < -0.3 is 14.7 Å². The maximum Gasteiger partial charge on any atom is 0.253 e. The number of fused-ring (bicyclic) bond motifs is 2. The number of likely N-dealkylation sites (tertiary alicyclic amines) is 2. The summed E-state index contributed by atoms with van der Waals surface area (Å²) in [4.78, 5) is 36.0. The molecule has 0 aromatic carbocycles. The lowest BCUT2D eigenvalue weighted by atomic mass is 9.65. The van der Waals surface area contributed by atoms with Crippen LogP contribution in [0, 0.1) is 16.7 Å². The second-order valence-electron chi connectivity index (χ2n) is 9.00. The molecule has 146 valence electrons. The highest BCUT2D eigenvalue weighted by atomic mass is 16.2. The SMILES string of the molecule is CN1C[C@@H]2C3(CCN(C(=O)c4ccncc4)CC3)CC[C@]2(C(=O)N(C)C)C1. The zero-order valence-electron chi connectivity index (χ0n) is 16.6. The average Bonchev–Trinajstić information content (AvgIpc) is 3.17. The fourth-order valence-corrected chi connectivity index (χ4v) is 6.02. The van der Waals surface area contributed by atoms with E-state index in [0.717, 1.165) is 51.9 Å². The zero-order chi connectivity index (χ0) is 19.2. The molecule has 1 aliphatic carbocycles. The Morgan fingerprint density at radius 3 is 2.41 bits per heavy atom. The molecule has 3 heterocycles. The molecule has 1 aromatic rings. The number of carbonyl (C=O) groups is 2. The molecule has 2 aliphatic heterocycles. The van der Waals surface area contributed by atoms with Crippen molar-refractivity contribution in [2.45, 2.75) is 25.7 Å². The molecule has 6 nitrogen and oxygen atoms in total. The normalized spacial score (nSPS) is 29.7. The third-order valence-electron chi connectivity index (χ3n) is 7.33. The summed E-state index contributed by atoms with van der Waals surface area (Å²) < 4.78 is 0. The van der Waals surface area contributed by atoms with Crippen molar-refractivity contribution in [2.24, 2.45) is 16.7 Å². The molecule has 0 N–H and O–H groups in total. The highest BCUT2D eigenvalue weighted by Crippen LogP contribution is 2.62.